The highest BCUT2D eigenvalue weighted by Crippen LogP contribution is 2.22. The van der Waals surface area contributed by atoms with Gasteiger partial charge in [0, 0.05) is 29.3 Å². The van der Waals surface area contributed by atoms with Gasteiger partial charge in [0.2, 0.25) is 0 Å². The first-order valence-electron chi connectivity index (χ1n) is 9.87. The Kier molecular flexibility index (Phi) is 5.61. The number of rotatable bonds is 5. The number of urea groups is 1. The Bertz CT molecular complexity index is 1290. The van der Waals surface area contributed by atoms with Crippen molar-refractivity contribution in [2.24, 2.45) is 0 Å². The van der Waals surface area contributed by atoms with Gasteiger partial charge in [0.15, 0.2) is 5.43 Å². The molecule has 4 N–H and O–H groups in total. The Morgan fingerprint density at radius 3 is 2.42 bits per heavy atom. The molecule has 0 saturated heterocycles. The average molecular weight is 414 g/mol. The number of hydrogen-bond acceptors (Lipinski definition) is 5. The Balaban J connectivity index is 1.50. The van der Waals surface area contributed by atoms with Crippen molar-refractivity contribution in [1.29, 1.82) is 0 Å². The number of hydrogen-bond donors (Lipinski definition) is 4. The summed E-state index contributed by atoms with van der Waals surface area (Å²) in [6.45, 7) is 4.21. The molecule has 0 bridgehead atoms. The molecule has 0 atom stereocenters. The van der Waals surface area contributed by atoms with E-state index in [2.05, 4.69) is 44.7 Å². The zero-order chi connectivity index (χ0) is 21.8. The molecule has 0 unspecified atom stereocenters. The molecule has 0 aliphatic heterocycles. The van der Waals surface area contributed by atoms with Gasteiger partial charge < -0.3 is 20.9 Å². The smallest absolute Gasteiger partial charge is 0.323 e. The lowest BCUT2D eigenvalue weighted by atomic mass is 10.0. The number of pyridine rings is 1. The topological polar surface area (TPSA) is 112 Å². The van der Waals surface area contributed by atoms with Crippen molar-refractivity contribution in [2.45, 2.75) is 19.8 Å². The Hall–Kier alpha value is -4.20. The van der Waals surface area contributed by atoms with Crippen LogP contribution in [0.15, 0.2) is 71.9 Å². The second-order valence-electron chi connectivity index (χ2n) is 7.35. The van der Waals surface area contributed by atoms with Crippen LogP contribution in [0.25, 0.3) is 11.0 Å². The summed E-state index contributed by atoms with van der Waals surface area (Å²) in [7, 11) is 0. The van der Waals surface area contributed by atoms with Crippen molar-refractivity contribution in [3.63, 3.8) is 0 Å². The van der Waals surface area contributed by atoms with Crippen LogP contribution in [0, 0.1) is 0 Å². The minimum absolute atomic E-state index is 0.186. The molecule has 2 aromatic carbocycles. The number of H-pyrrole nitrogens is 1. The van der Waals surface area contributed by atoms with Crippen LogP contribution < -0.4 is 21.4 Å². The van der Waals surface area contributed by atoms with Crippen LogP contribution >= 0.6 is 0 Å². The minimum atomic E-state index is -0.345. The summed E-state index contributed by atoms with van der Waals surface area (Å²) in [6.07, 6.45) is 2.92. The first kappa shape index (κ1) is 20.1. The third-order valence-corrected chi connectivity index (χ3v) is 4.74. The van der Waals surface area contributed by atoms with E-state index >= 15 is 0 Å². The molecule has 4 aromatic rings. The fraction of sp³-hybridized carbons (Fsp3) is 0.130. The Morgan fingerprint density at radius 2 is 1.65 bits per heavy atom. The summed E-state index contributed by atoms with van der Waals surface area (Å²) in [5.41, 5.74) is 3.40. The zero-order valence-corrected chi connectivity index (χ0v) is 17.1. The van der Waals surface area contributed by atoms with Crippen LogP contribution in [0.2, 0.25) is 0 Å². The third-order valence-electron chi connectivity index (χ3n) is 4.74. The van der Waals surface area contributed by atoms with Gasteiger partial charge in [-0.15, -0.1) is 0 Å². The molecule has 8 nitrogen and oxygen atoms in total. The van der Waals surface area contributed by atoms with Gasteiger partial charge in [0.05, 0.1) is 0 Å². The first-order valence-corrected chi connectivity index (χ1v) is 9.87. The van der Waals surface area contributed by atoms with Crippen molar-refractivity contribution in [3.8, 4) is 0 Å². The lowest BCUT2D eigenvalue weighted by molar-refractivity contribution is 0.262. The van der Waals surface area contributed by atoms with Gasteiger partial charge in [-0.3, -0.25) is 4.79 Å². The van der Waals surface area contributed by atoms with E-state index in [0.29, 0.717) is 34.1 Å². The number of amides is 2. The van der Waals surface area contributed by atoms with E-state index in [1.807, 2.05) is 30.3 Å². The standard InChI is InChI=1S/C23H22N6O2/c1-14(2)15-5-3-6-16(11-15)28-23(31)29-18-8-4-7-17(12-18)27-22-20-19(30)9-10-24-21(20)25-13-26-22/h3-14H,1-2H3,(H2,28,29,31)(H2,24,25,26,27,30). The van der Waals surface area contributed by atoms with Crippen molar-refractivity contribution in [2.75, 3.05) is 16.0 Å². The van der Waals surface area contributed by atoms with Gasteiger partial charge in [-0.05, 0) is 41.8 Å². The van der Waals surface area contributed by atoms with Gasteiger partial charge in [-0.2, -0.15) is 0 Å². The monoisotopic (exact) mass is 414 g/mol. The Morgan fingerprint density at radius 1 is 0.935 bits per heavy atom. The van der Waals surface area contributed by atoms with E-state index in [0.717, 1.165) is 11.3 Å². The molecule has 8 heteroatoms. The quantitative estimate of drug-likeness (QED) is 0.374. The highest BCUT2D eigenvalue weighted by atomic mass is 16.2. The molecular formula is C23H22N6O2. The van der Waals surface area contributed by atoms with E-state index in [1.54, 1.807) is 24.4 Å². The van der Waals surface area contributed by atoms with Crippen LogP contribution in [0.3, 0.4) is 0 Å². The SMILES string of the molecule is CC(C)c1cccc(NC(=O)Nc2cccc(Nc3ncnc4[nH]ccc(=O)c34)c2)c1. The molecule has 0 radical (unpaired) electrons. The lowest BCUT2D eigenvalue weighted by Gasteiger charge is -2.12. The molecule has 0 spiro atoms. The number of fused-ring (bicyclic) bond motifs is 1. The van der Waals surface area contributed by atoms with E-state index in [-0.39, 0.29) is 11.5 Å². The molecule has 0 fully saturated rings. The van der Waals surface area contributed by atoms with E-state index in [1.165, 1.54) is 12.4 Å². The van der Waals surface area contributed by atoms with Crippen LogP contribution in [0.4, 0.5) is 27.7 Å². The fourth-order valence-corrected chi connectivity index (χ4v) is 3.18. The predicted octanol–water partition coefficient (Wildman–Crippen LogP) is 4.83. The largest absolute Gasteiger partial charge is 0.346 e. The average Bonchev–Trinajstić information content (AvgIpc) is 2.74. The highest BCUT2D eigenvalue weighted by molar-refractivity contribution is 6.00. The summed E-state index contributed by atoms with van der Waals surface area (Å²) in [5.74, 6) is 0.761. The predicted molar refractivity (Wildman–Crippen MR) is 123 cm³/mol. The first-order chi connectivity index (χ1) is 15.0. The number of carbonyl (C=O) groups excluding carboxylic acids is 1. The number of nitrogens with one attached hydrogen (secondary N) is 4. The maximum Gasteiger partial charge on any atom is 0.323 e. The minimum Gasteiger partial charge on any atom is -0.346 e. The van der Waals surface area contributed by atoms with E-state index < -0.39 is 0 Å². The molecule has 2 heterocycles. The van der Waals surface area contributed by atoms with Gasteiger partial charge in [0.25, 0.3) is 0 Å². The second kappa shape index (κ2) is 8.66. The van der Waals surface area contributed by atoms with Gasteiger partial charge in [-0.25, -0.2) is 14.8 Å². The molecule has 0 aliphatic carbocycles. The summed E-state index contributed by atoms with van der Waals surface area (Å²) in [4.78, 5) is 35.9. The summed E-state index contributed by atoms with van der Waals surface area (Å²) in [5, 5.41) is 9.17. The molecular weight excluding hydrogens is 392 g/mol. The van der Waals surface area contributed by atoms with Crippen LogP contribution in [-0.2, 0) is 0 Å². The van der Waals surface area contributed by atoms with Crippen LogP contribution in [-0.4, -0.2) is 21.0 Å². The summed E-state index contributed by atoms with van der Waals surface area (Å²) >= 11 is 0. The van der Waals surface area contributed by atoms with Gasteiger partial charge in [0.1, 0.15) is 23.2 Å². The second-order valence-corrected chi connectivity index (χ2v) is 7.35. The normalized spacial score (nSPS) is 10.8. The van der Waals surface area contributed by atoms with Crippen LogP contribution in [0.5, 0.6) is 0 Å². The van der Waals surface area contributed by atoms with Crippen molar-refractivity contribution in [3.05, 3.63) is 82.9 Å². The molecule has 156 valence electrons. The molecule has 31 heavy (non-hydrogen) atoms. The third kappa shape index (κ3) is 4.69. The number of carbonyl (C=O) groups is 1. The molecule has 0 aliphatic rings. The van der Waals surface area contributed by atoms with Crippen molar-refractivity contribution < 1.29 is 4.79 Å². The highest BCUT2D eigenvalue weighted by Gasteiger charge is 2.09. The van der Waals surface area contributed by atoms with Crippen molar-refractivity contribution in [1.82, 2.24) is 15.0 Å². The van der Waals surface area contributed by atoms with Gasteiger partial charge in [-0.1, -0.05) is 32.0 Å². The summed E-state index contributed by atoms with van der Waals surface area (Å²) < 4.78 is 0. The Labute approximate surface area is 178 Å². The molecule has 4 rings (SSSR count). The van der Waals surface area contributed by atoms with Gasteiger partial charge >= 0.3 is 6.03 Å². The van der Waals surface area contributed by atoms with Crippen LogP contribution in [0.1, 0.15) is 25.3 Å². The number of benzene rings is 2. The summed E-state index contributed by atoms with van der Waals surface area (Å²) in [6, 6.07) is 16.0. The lowest BCUT2D eigenvalue weighted by Crippen LogP contribution is -2.19. The number of anilines is 4. The molecule has 0 saturated carbocycles. The van der Waals surface area contributed by atoms with E-state index in [4.69, 9.17) is 0 Å². The van der Waals surface area contributed by atoms with Crippen molar-refractivity contribution >= 4 is 39.9 Å². The zero-order valence-electron chi connectivity index (χ0n) is 17.1. The van der Waals surface area contributed by atoms with E-state index in [9.17, 15) is 9.59 Å². The number of nitrogens with zero attached hydrogens (tertiary/aromatic N) is 2. The maximum absolute atomic E-state index is 12.4. The number of aromatic amines is 1. The fourth-order valence-electron chi connectivity index (χ4n) is 3.18. The maximum atomic E-state index is 12.4. The number of aromatic nitrogens is 3. The molecule has 2 aromatic heterocycles. The molecule has 2 amide bonds.